The van der Waals surface area contributed by atoms with Crippen LogP contribution >= 0.6 is 0 Å². The molecule has 3 N–H and O–H groups in total. The van der Waals surface area contributed by atoms with E-state index in [4.69, 9.17) is 5.11 Å². The van der Waals surface area contributed by atoms with Crippen molar-refractivity contribution < 1.29 is 32.7 Å². The lowest BCUT2D eigenvalue weighted by Gasteiger charge is -2.12. The molecule has 0 saturated carbocycles. The number of rotatable bonds is 5. The number of carbonyl (C=O) groups excluding carboxylic acids is 2. The average Bonchev–Trinajstić information content (AvgIpc) is 2.41. The van der Waals surface area contributed by atoms with Crippen molar-refractivity contribution in [1.29, 1.82) is 0 Å². The van der Waals surface area contributed by atoms with E-state index in [-0.39, 0.29) is 0 Å². The molecule has 0 atom stereocenters. The minimum atomic E-state index is -4.69. The number of carboxylic acid groups (broad SMARTS) is 1. The third kappa shape index (κ3) is 5.13. The van der Waals surface area contributed by atoms with Gasteiger partial charge in [-0.3, -0.25) is 14.4 Å². The molecule has 9 heteroatoms. The number of halogens is 3. The molecule has 114 valence electrons. The van der Waals surface area contributed by atoms with Crippen molar-refractivity contribution in [2.45, 2.75) is 6.18 Å². The van der Waals surface area contributed by atoms with E-state index in [1.807, 2.05) is 10.6 Å². The van der Waals surface area contributed by atoms with E-state index < -0.39 is 48.2 Å². The zero-order valence-corrected chi connectivity index (χ0v) is 10.5. The van der Waals surface area contributed by atoms with Gasteiger partial charge in [-0.05, 0) is 12.1 Å². The van der Waals surface area contributed by atoms with Gasteiger partial charge >= 0.3 is 12.1 Å². The van der Waals surface area contributed by atoms with E-state index in [1.165, 1.54) is 6.07 Å². The molecule has 0 unspecified atom stereocenters. The first-order chi connectivity index (χ1) is 9.71. The molecule has 0 saturated heterocycles. The molecule has 1 rings (SSSR count). The zero-order valence-electron chi connectivity index (χ0n) is 10.5. The second kappa shape index (κ2) is 6.73. The van der Waals surface area contributed by atoms with E-state index in [2.05, 4.69) is 0 Å². The van der Waals surface area contributed by atoms with Gasteiger partial charge in [0.2, 0.25) is 5.91 Å². The highest BCUT2D eigenvalue weighted by atomic mass is 19.4. The third-order valence-corrected chi connectivity index (χ3v) is 2.32. The van der Waals surface area contributed by atoms with Crippen molar-refractivity contribution in [3.63, 3.8) is 0 Å². The number of alkyl halides is 3. The van der Waals surface area contributed by atoms with Crippen LogP contribution in [0.4, 0.5) is 13.2 Å². The number of benzene rings is 1. The molecule has 0 spiro atoms. The second-order valence-corrected chi connectivity index (χ2v) is 3.90. The number of carboxylic acids is 1. The van der Waals surface area contributed by atoms with Crippen LogP contribution in [0.25, 0.3) is 0 Å². The summed E-state index contributed by atoms with van der Waals surface area (Å²) >= 11 is 0. The van der Waals surface area contributed by atoms with Gasteiger partial charge in [0.15, 0.2) is 0 Å². The summed E-state index contributed by atoms with van der Waals surface area (Å²) in [6, 6.07) is 4.13. The lowest BCUT2D eigenvalue weighted by molar-refractivity contribution is -0.138. The fourth-order valence-electron chi connectivity index (χ4n) is 1.42. The monoisotopic (exact) mass is 304 g/mol. The van der Waals surface area contributed by atoms with Crippen molar-refractivity contribution in [3.8, 4) is 0 Å². The predicted molar refractivity (Wildman–Crippen MR) is 64.4 cm³/mol. The summed E-state index contributed by atoms with van der Waals surface area (Å²) in [6.07, 6.45) is -4.69. The molecule has 0 fully saturated rings. The van der Waals surface area contributed by atoms with Crippen molar-refractivity contribution in [2.24, 2.45) is 0 Å². The van der Waals surface area contributed by atoms with Gasteiger partial charge in [-0.25, -0.2) is 0 Å². The van der Waals surface area contributed by atoms with E-state index in [0.717, 1.165) is 18.2 Å². The van der Waals surface area contributed by atoms with Gasteiger partial charge in [-0.1, -0.05) is 12.1 Å². The Kier molecular flexibility index (Phi) is 5.28. The molecule has 0 aliphatic heterocycles. The molecule has 1 aromatic rings. The fourth-order valence-corrected chi connectivity index (χ4v) is 1.42. The normalized spacial score (nSPS) is 10.8. The molecule has 0 aliphatic carbocycles. The zero-order chi connectivity index (χ0) is 16.0. The van der Waals surface area contributed by atoms with E-state index >= 15 is 0 Å². The Labute approximate surface area is 116 Å². The largest absolute Gasteiger partial charge is 0.480 e. The van der Waals surface area contributed by atoms with Crippen LogP contribution in [0.1, 0.15) is 15.9 Å². The molecule has 6 nitrogen and oxygen atoms in total. The smallest absolute Gasteiger partial charge is 0.417 e. The lowest BCUT2D eigenvalue weighted by atomic mass is 10.1. The van der Waals surface area contributed by atoms with Crippen molar-refractivity contribution in [3.05, 3.63) is 35.4 Å². The molecule has 0 bridgehead atoms. The number of nitrogens with one attached hydrogen (secondary N) is 2. The van der Waals surface area contributed by atoms with Gasteiger partial charge in [0.05, 0.1) is 17.7 Å². The maximum atomic E-state index is 12.7. The Morgan fingerprint density at radius 3 is 2.24 bits per heavy atom. The van der Waals surface area contributed by atoms with Crippen LogP contribution in [0.2, 0.25) is 0 Å². The quantitative estimate of drug-likeness (QED) is 0.743. The van der Waals surface area contributed by atoms with Crippen molar-refractivity contribution >= 4 is 17.8 Å². The van der Waals surface area contributed by atoms with Crippen molar-refractivity contribution in [1.82, 2.24) is 10.6 Å². The molecule has 1 aromatic carbocycles. The summed E-state index contributed by atoms with van der Waals surface area (Å²) in [6.45, 7) is -1.27. The number of hydrogen-bond donors (Lipinski definition) is 3. The Balaban J connectivity index is 2.69. The molecular weight excluding hydrogens is 293 g/mol. The Morgan fingerprint density at radius 2 is 1.67 bits per heavy atom. The van der Waals surface area contributed by atoms with Crippen LogP contribution in [-0.4, -0.2) is 36.0 Å². The molecule has 2 amide bonds. The molecule has 0 radical (unpaired) electrons. The second-order valence-electron chi connectivity index (χ2n) is 3.90. The van der Waals surface area contributed by atoms with Crippen LogP contribution < -0.4 is 10.6 Å². The standard InChI is InChI=1S/C12H11F3N2O4/c13-12(14,15)8-4-2-1-3-7(8)11(21)17-5-9(18)16-6-10(19)20/h1-4H,5-6H2,(H,16,18)(H,17,21)(H,19,20). The summed E-state index contributed by atoms with van der Waals surface area (Å²) in [5.41, 5.74) is -1.73. The van der Waals surface area contributed by atoms with Gasteiger partial charge in [0, 0.05) is 0 Å². The average molecular weight is 304 g/mol. The lowest BCUT2D eigenvalue weighted by Crippen LogP contribution is -2.39. The molecule has 0 aliphatic rings. The highest BCUT2D eigenvalue weighted by Gasteiger charge is 2.34. The van der Waals surface area contributed by atoms with Gasteiger partial charge in [0.25, 0.3) is 5.91 Å². The van der Waals surface area contributed by atoms with Crippen LogP contribution in [-0.2, 0) is 15.8 Å². The minimum absolute atomic E-state index is 0.615. The third-order valence-electron chi connectivity index (χ3n) is 2.32. The fraction of sp³-hybridized carbons (Fsp3) is 0.250. The van der Waals surface area contributed by atoms with Crippen LogP contribution in [0, 0.1) is 0 Å². The first-order valence-corrected chi connectivity index (χ1v) is 5.64. The summed E-state index contributed by atoms with van der Waals surface area (Å²) in [7, 11) is 0. The summed E-state index contributed by atoms with van der Waals surface area (Å²) in [4.78, 5) is 33.0. The van der Waals surface area contributed by atoms with Crippen LogP contribution in [0.15, 0.2) is 24.3 Å². The number of amides is 2. The maximum absolute atomic E-state index is 12.7. The van der Waals surface area contributed by atoms with E-state index in [0.29, 0.717) is 0 Å². The van der Waals surface area contributed by atoms with Gasteiger partial charge in [0.1, 0.15) is 6.54 Å². The van der Waals surface area contributed by atoms with Gasteiger partial charge in [-0.15, -0.1) is 0 Å². The van der Waals surface area contributed by atoms with Gasteiger partial charge in [-0.2, -0.15) is 13.2 Å². The summed E-state index contributed by atoms with van der Waals surface area (Å²) in [5.74, 6) is -3.18. The SMILES string of the molecule is O=C(O)CNC(=O)CNC(=O)c1ccccc1C(F)(F)F. The number of carbonyl (C=O) groups is 3. The predicted octanol–water partition coefficient (Wildman–Crippen LogP) is 0.636. The highest BCUT2D eigenvalue weighted by molar-refractivity contribution is 5.98. The maximum Gasteiger partial charge on any atom is 0.417 e. The number of hydrogen-bond acceptors (Lipinski definition) is 3. The van der Waals surface area contributed by atoms with Crippen LogP contribution in [0.5, 0.6) is 0 Å². The molecule has 0 heterocycles. The van der Waals surface area contributed by atoms with Gasteiger partial charge < -0.3 is 15.7 Å². The van der Waals surface area contributed by atoms with E-state index in [1.54, 1.807) is 0 Å². The van der Waals surface area contributed by atoms with Crippen LogP contribution in [0.3, 0.4) is 0 Å². The van der Waals surface area contributed by atoms with Crippen molar-refractivity contribution in [2.75, 3.05) is 13.1 Å². The summed E-state index contributed by atoms with van der Waals surface area (Å²) in [5, 5.41) is 12.3. The number of aliphatic carboxylic acids is 1. The molecular formula is C12H11F3N2O4. The van der Waals surface area contributed by atoms with E-state index in [9.17, 15) is 27.6 Å². The first kappa shape index (κ1) is 16.5. The first-order valence-electron chi connectivity index (χ1n) is 5.64. The molecule has 0 aromatic heterocycles. The Hall–Kier alpha value is -2.58. The summed E-state index contributed by atoms with van der Waals surface area (Å²) < 4.78 is 38.1. The molecule has 21 heavy (non-hydrogen) atoms. The topological polar surface area (TPSA) is 95.5 Å². The Morgan fingerprint density at radius 1 is 1.05 bits per heavy atom. The highest BCUT2D eigenvalue weighted by Crippen LogP contribution is 2.31. The Bertz CT molecular complexity index is 558. The minimum Gasteiger partial charge on any atom is -0.480 e.